The van der Waals surface area contributed by atoms with Gasteiger partial charge < -0.3 is 0 Å². The van der Waals surface area contributed by atoms with Crippen LogP contribution in [-0.2, 0) is 12.8 Å². The molecule has 0 saturated heterocycles. The van der Waals surface area contributed by atoms with Crippen LogP contribution < -0.4 is 0 Å². The molecule has 2 heteroatoms. The largest absolute Gasteiger partial charge is 0.201 e. The molecule has 1 aliphatic carbocycles. The molecule has 9 heavy (non-hydrogen) atoms. The van der Waals surface area contributed by atoms with Gasteiger partial charge in [0.05, 0.1) is 0 Å². The predicted molar refractivity (Wildman–Crippen MR) is 38.7 cm³/mol. The molecule has 0 aliphatic heterocycles. The summed E-state index contributed by atoms with van der Waals surface area (Å²) in [6.45, 7) is 0. The standard InChI is InChI=1S/C7H7NS/c1-2-4-7-6(3-1)5-8-9-7/h1-2,5H,3-4H2. The first-order chi connectivity index (χ1) is 4.47. The van der Waals surface area contributed by atoms with Crippen molar-refractivity contribution in [3.63, 3.8) is 0 Å². The normalized spacial score (nSPS) is 15.6. The molecule has 1 aliphatic rings. The van der Waals surface area contributed by atoms with Crippen LogP contribution >= 0.6 is 11.5 Å². The van der Waals surface area contributed by atoms with Crippen LogP contribution in [0.4, 0.5) is 0 Å². The molecule has 0 aromatic carbocycles. The first kappa shape index (κ1) is 5.18. The van der Waals surface area contributed by atoms with Crippen LogP contribution in [0.15, 0.2) is 18.3 Å². The van der Waals surface area contributed by atoms with Crippen molar-refractivity contribution in [3.8, 4) is 0 Å². The van der Waals surface area contributed by atoms with E-state index >= 15 is 0 Å². The van der Waals surface area contributed by atoms with E-state index < -0.39 is 0 Å². The zero-order valence-corrected chi connectivity index (χ0v) is 5.82. The van der Waals surface area contributed by atoms with Crippen molar-refractivity contribution in [2.24, 2.45) is 0 Å². The third kappa shape index (κ3) is 0.793. The number of rotatable bonds is 0. The minimum Gasteiger partial charge on any atom is -0.201 e. The Morgan fingerprint density at radius 2 is 2.22 bits per heavy atom. The van der Waals surface area contributed by atoms with Crippen LogP contribution in [0.25, 0.3) is 0 Å². The van der Waals surface area contributed by atoms with E-state index in [1.807, 2.05) is 6.20 Å². The van der Waals surface area contributed by atoms with Gasteiger partial charge in [-0.25, -0.2) is 4.37 Å². The van der Waals surface area contributed by atoms with Gasteiger partial charge in [-0.2, -0.15) is 0 Å². The van der Waals surface area contributed by atoms with E-state index in [2.05, 4.69) is 16.5 Å². The minimum absolute atomic E-state index is 1.09. The Bertz CT molecular complexity index is 214. The van der Waals surface area contributed by atoms with Crippen LogP contribution in [0.2, 0.25) is 0 Å². The Kier molecular flexibility index (Phi) is 1.12. The number of hydrogen-bond donors (Lipinski definition) is 0. The van der Waals surface area contributed by atoms with Gasteiger partial charge in [-0.15, -0.1) is 0 Å². The first-order valence-corrected chi connectivity index (χ1v) is 3.81. The maximum Gasteiger partial charge on any atom is 0.0445 e. The Morgan fingerprint density at radius 3 is 3.11 bits per heavy atom. The van der Waals surface area contributed by atoms with E-state index in [0.717, 1.165) is 12.8 Å². The highest BCUT2D eigenvalue weighted by Crippen LogP contribution is 2.18. The van der Waals surface area contributed by atoms with Crippen molar-refractivity contribution in [1.29, 1.82) is 0 Å². The fourth-order valence-electron chi connectivity index (χ4n) is 1.02. The van der Waals surface area contributed by atoms with E-state index in [1.54, 1.807) is 11.5 Å². The van der Waals surface area contributed by atoms with Gasteiger partial charge in [0.2, 0.25) is 0 Å². The van der Waals surface area contributed by atoms with Gasteiger partial charge >= 0.3 is 0 Å². The summed E-state index contributed by atoms with van der Waals surface area (Å²) < 4.78 is 4.11. The third-order valence-corrected chi connectivity index (χ3v) is 2.40. The summed E-state index contributed by atoms with van der Waals surface area (Å²) in [5.74, 6) is 0. The minimum atomic E-state index is 1.09. The lowest BCUT2D eigenvalue weighted by Crippen LogP contribution is -1.89. The average Bonchev–Trinajstić information content (AvgIpc) is 2.33. The summed E-state index contributed by atoms with van der Waals surface area (Å²) in [6.07, 6.45) is 8.58. The predicted octanol–water partition coefficient (Wildman–Crippen LogP) is 1.80. The monoisotopic (exact) mass is 137 g/mol. The second-order valence-corrected chi connectivity index (χ2v) is 3.04. The molecule has 1 aromatic heterocycles. The molecular weight excluding hydrogens is 130 g/mol. The van der Waals surface area contributed by atoms with Crippen LogP contribution in [0.5, 0.6) is 0 Å². The fraction of sp³-hybridized carbons (Fsp3) is 0.286. The number of allylic oxidation sites excluding steroid dienone is 2. The highest BCUT2D eigenvalue weighted by molar-refractivity contribution is 7.05. The summed E-state index contributed by atoms with van der Waals surface area (Å²) in [5.41, 5.74) is 1.42. The van der Waals surface area contributed by atoms with E-state index in [1.165, 1.54) is 10.4 Å². The number of nitrogens with zero attached hydrogens (tertiary/aromatic N) is 1. The molecule has 0 radical (unpaired) electrons. The lowest BCUT2D eigenvalue weighted by Gasteiger charge is -2.00. The first-order valence-electron chi connectivity index (χ1n) is 3.04. The van der Waals surface area contributed by atoms with Gasteiger partial charge in [-0.1, -0.05) is 12.2 Å². The van der Waals surface area contributed by atoms with E-state index in [9.17, 15) is 0 Å². The van der Waals surface area contributed by atoms with Crippen molar-refractivity contribution >= 4 is 11.5 Å². The van der Waals surface area contributed by atoms with E-state index in [0.29, 0.717) is 0 Å². The molecule has 0 fully saturated rings. The van der Waals surface area contributed by atoms with Gasteiger partial charge in [0.1, 0.15) is 0 Å². The van der Waals surface area contributed by atoms with Crippen molar-refractivity contribution in [1.82, 2.24) is 4.37 Å². The lowest BCUT2D eigenvalue weighted by atomic mass is 10.1. The van der Waals surface area contributed by atoms with Crippen LogP contribution in [0.3, 0.4) is 0 Å². The molecule has 46 valence electrons. The molecule has 1 aromatic rings. The van der Waals surface area contributed by atoms with E-state index in [-0.39, 0.29) is 0 Å². The lowest BCUT2D eigenvalue weighted by molar-refractivity contribution is 1.13. The Morgan fingerprint density at radius 1 is 1.33 bits per heavy atom. The van der Waals surface area contributed by atoms with Gasteiger partial charge in [-0.3, -0.25) is 0 Å². The molecule has 0 spiro atoms. The quantitative estimate of drug-likeness (QED) is 0.497. The third-order valence-electron chi connectivity index (χ3n) is 1.54. The number of aromatic nitrogens is 1. The van der Waals surface area contributed by atoms with E-state index in [4.69, 9.17) is 0 Å². The van der Waals surface area contributed by atoms with Crippen molar-refractivity contribution in [2.45, 2.75) is 12.8 Å². The Balaban J connectivity index is 2.46. The maximum absolute atomic E-state index is 4.11. The SMILES string of the molecule is C1=CCc2sncc2C1. The molecule has 1 heterocycles. The molecule has 0 N–H and O–H groups in total. The summed E-state index contributed by atoms with van der Waals surface area (Å²) >= 11 is 1.62. The van der Waals surface area contributed by atoms with Gasteiger partial charge in [0.25, 0.3) is 0 Å². The van der Waals surface area contributed by atoms with Crippen LogP contribution in [0.1, 0.15) is 10.4 Å². The van der Waals surface area contributed by atoms with Crippen molar-refractivity contribution < 1.29 is 0 Å². The van der Waals surface area contributed by atoms with Crippen molar-refractivity contribution in [2.75, 3.05) is 0 Å². The highest BCUT2D eigenvalue weighted by atomic mass is 32.1. The molecule has 0 amide bonds. The molecule has 1 nitrogen and oxygen atoms in total. The summed E-state index contributed by atoms with van der Waals surface area (Å²) in [6, 6.07) is 0. The summed E-state index contributed by atoms with van der Waals surface area (Å²) in [5, 5.41) is 0. The van der Waals surface area contributed by atoms with Gasteiger partial charge in [0.15, 0.2) is 0 Å². The number of hydrogen-bond acceptors (Lipinski definition) is 2. The van der Waals surface area contributed by atoms with Crippen LogP contribution in [0, 0.1) is 0 Å². The molecular formula is C7H7NS. The zero-order chi connectivity index (χ0) is 6.10. The van der Waals surface area contributed by atoms with Crippen LogP contribution in [-0.4, -0.2) is 4.37 Å². The Hall–Kier alpha value is -0.630. The second-order valence-electron chi connectivity index (χ2n) is 2.15. The van der Waals surface area contributed by atoms with Gasteiger partial charge in [0, 0.05) is 17.5 Å². The maximum atomic E-state index is 4.11. The van der Waals surface area contributed by atoms with Crippen molar-refractivity contribution in [3.05, 3.63) is 28.8 Å². The fourth-order valence-corrected chi connectivity index (χ4v) is 1.75. The topological polar surface area (TPSA) is 12.9 Å². The smallest absolute Gasteiger partial charge is 0.0445 e. The van der Waals surface area contributed by atoms with Gasteiger partial charge in [-0.05, 0) is 23.5 Å². The molecule has 2 rings (SSSR count). The number of fused-ring (bicyclic) bond motifs is 1. The summed E-state index contributed by atoms with van der Waals surface area (Å²) in [7, 11) is 0. The zero-order valence-electron chi connectivity index (χ0n) is 5.00. The molecule has 0 unspecified atom stereocenters. The molecule has 0 atom stereocenters. The summed E-state index contributed by atoms with van der Waals surface area (Å²) in [4.78, 5) is 1.44. The second kappa shape index (κ2) is 1.95. The average molecular weight is 137 g/mol. The molecule has 0 bridgehead atoms. The highest BCUT2D eigenvalue weighted by Gasteiger charge is 2.04. The molecule has 0 saturated carbocycles. The Labute approximate surface area is 58.2 Å².